The maximum Gasteiger partial charge on any atom is 0.226 e. The van der Waals surface area contributed by atoms with Crippen LogP contribution in [0.4, 0.5) is 11.4 Å². The third-order valence-corrected chi connectivity index (χ3v) is 7.94. The van der Waals surface area contributed by atoms with Gasteiger partial charge in [0.2, 0.25) is 5.91 Å². The maximum absolute atomic E-state index is 12.3. The van der Waals surface area contributed by atoms with Gasteiger partial charge in [0, 0.05) is 34.2 Å². The van der Waals surface area contributed by atoms with Crippen LogP contribution in [0.5, 0.6) is 5.75 Å². The number of halogens is 2. The number of benzene rings is 2. The lowest BCUT2D eigenvalue weighted by Crippen LogP contribution is -2.29. The zero-order chi connectivity index (χ0) is 28.7. The highest BCUT2D eigenvalue weighted by Gasteiger charge is 2.42. The van der Waals surface area contributed by atoms with Gasteiger partial charge >= 0.3 is 0 Å². The van der Waals surface area contributed by atoms with Gasteiger partial charge in [0.1, 0.15) is 5.75 Å². The standard InChI is InChI=1S/C30H29Cl2N5O2S/c1-16(2)29(39)34-23-10-9-20(15-22(23)32)37-28(27(35-30(37)40)24-7-5-6-12-33-24)21-13-17(3)36(18(21)4)25-14-19(31)8-11-26(25)38/h5-16,27-28,38H,1-4H3,(H,34,39)(H,35,40)/t27-,28+/m1/s1. The highest BCUT2D eigenvalue weighted by atomic mass is 35.5. The second-order valence-electron chi connectivity index (χ2n) is 10.1. The summed E-state index contributed by atoms with van der Waals surface area (Å²) < 4.78 is 1.99. The molecule has 0 saturated carbocycles. The summed E-state index contributed by atoms with van der Waals surface area (Å²) >= 11 is 18.8. The van der Waals surface area contributed by atoms with Gasteiger partial charge in [0.15, 0.2) is 5.11 Å². The quantitative estimate of drug-likeness (QED) is 0.204. The number of hydrogen-bond donors (Lipinski definition) is 3. The first kappa shape index (κ1) is 28.0. The Morgan fingerprint density at radius 3 is 2.55 bits per heavy atom. The van der Waals surface area contributed by atoms with Crippen molar-refractivity contribution in [2.45, 2.75) is 39.8 Å². The van der Waals surface area contributed by atoms with Gasteiger partial charge < -0.3 is 25.2 Å². The molecule has 0 unspecified atom stereocenters. The van der Waals surface area contributed by atoms with Gasteiger partial charge in [-0.2, -0.15) is 0 Å². The Morgan fingerprint density at radius 2 is 1.88 bits per heavy atom. The number of aromatic hydroxyl groups is 1. The second kappa shape index (κ2) is 11.1. The summed E-state index contributed by atoms with van der Waals surface area (Å²) in [7, 11) is 0. The number of phenols is 1. The van der Waals surface area contributed by atoms with Crippen LogP contribution in [0.3, 0.4) is 0 Å². The smallest absolute Gasteiger partial charge is 0.226 e. The fourth-order valence-electron chi connectivity index (χ4n) is 5.11. The van der Waals surface area contributed by atoms with Gasteiger partial charge in [-0.15, -0.1) is 0 Å². The summed E-state index contributed by atoms with van der Waals surface area (Å²) in [6.07, 6.45) is 1.76. The van der Waals surface area contributed by atoms with Crippen molar-refractivity contribution >= 4 is 57.8 Å². The summed E-state index contributed by atoms with van der Waals surface area (Å²) in [5.41, 5.74) is 5.57. The van der Waals surface area contributed by atoms with E-state index in [2.05, 4.69) is 21.7 Å². The van der Waals surface area contributed by atoms with Crippen LogP contribution in [0.15, 0.2) is 66.9 Å². The van der Waals surface area contributed by atoms with E-state index in [9.17, 15) is 9.90 Å². The Bertz CT molecular complexity index is 1610. The molecule has 7 nitrogen and oxygen atoms in total. The van der Waals surface area contributed by atoms with Crippen LogP contribution in [0, 0.1) is 19.8 Å². The number of carbonyl (C=O) groups is 1. The summed E-state index contributed by atoms with van der Waals surface area (Å²) in [5, 5.41) is 18.5. The van der Waals surface area contributed by atoms with E-state index in [0.29, 0.717) is 26.5 Å². The molecule has 1 aliphatic heterocycles. The summed E-state index contributed by atoms with van der Waals surface area (Å²) in [4.78, 5) is 18.9. The first-order chi connectivity index (χ1) is 19.1. The number of amides is 1. The molecule has 0 spiro atoms. The van der Waals surface area contributed by atoms with E-state index in [-0.39, 0.29) is 29.7 Å². The van der Waals surface area contributed by atoms with E-state index in [1.165, 1.54) is 0 Å². The van der Waals surface area contributed by atoms with Crippen LogP contribution in [-0.4, -0.2) is 25.7 Å². The fraction of sp³-hybridized carbons (Fsp3) is 0.233. The van der Waals surface area contributed by atoms with Crippen molar-refractivity contribution in [2.75, 3.05) is 10.2 Å². The molecule has 0 radical (unpaired) electrons. The predicted octanol–water partition coefficient (Wildman–Crippen LogP) is 7.27. The lowest BCUT2D eigenvalue weighted by atomic mass is 9.96. The molecule has 1 amide bonds. The Hall–Kier alpha value is -3.59. The molecule has 3 N–H and O–H groups in total. The van der Waals surface area contributed by atoms with E-state index in [0.717, 1.165) is 28.3 Å². The molecule has 0 bridgehead atoms. The number of thiocarbonyl (C=S) groups is 1. The molecule has 0 aliphatic carbocycles. The number of carbonyl (C=O) groups excluding carboxylic acids is 1. The number of rotatable bonds is 6. The van der Waals surface area contributed by atoms with E-state index < -0.39 is 0 Å². The van der Waals surface area contributed by atoms with Crippen LogP contribution >= 0.6 is 35.4 Å². The number of nitrogens with zero attached hydrogens (tertiary/aromatic N) is 3. The predicted molar refractivity (Wildman–Crippen MR) is 165 cm³/mol. The van der Waals surface area contributed by atoms with Crippen LogP contribution in [0.2, 0.25) is 10.0 Å². The zero-order valence-electron chi connectivity index (χ0n) is 22.4. The molecule has 1 aliphatic rings. The van der Waals surface area contributed by atoms with Crippen LogP contribution in [0.25, 0.3) is 5.69 Å². The average molecular weight is 595 g/mol. The van der Waals surface area contributed by atoms with E-state index in [1.807, 2.05) is 61.4 Å². The summed E-state index contributed by atoms with van der Waals surface area (Å²) in [5.74, 6) is -0.164. The van der Waals surface area contributed by atoms with Crippen molar-refractivity contribution in [3.63, 3.8) is 0 Å². The summed E-state index contributed by atoms with van der Waals surface area (Å²) in [6, 6.07) is 17.8. The normalized spacial score (nSPS) is 16.9. The average Bonchev–Trinajstić information content (AvgIpc) is 3.41. The van der Waals surface area contributed by atoms with Crippen molar-refractivity contribution in [2.24, 2.45) is 5.92 Å². The van der Waals surface area contributed by atoms with Crippen molar-refractivity contribution in [3.8, 4) is 11.4 Å². The monoisotopic (exact) mass is 593 g/mol. The number of pyridine rings is 1. The van der Waals surface area contributed by atoms with Gasteiger partial charge in [-0.25, -0.2) is 0 Å². The van der Waals surface area contributed by atoms with Crippen molar-refractivity contribution in [1.82, 2.24) is 14.9 Å². The molecule has 4 aromatic rings. The molecule has 2 aromatic carbocycles. The van der Waals surface area contributed by atoms with Crippen LogP contribution in [-0.2, 0) is 4.79 Å². The van der Waals surface area contributed by atoms with Crippen molar-refractivity contribution in [3.05, 3.63) is 99.6 Å². The molecule has 3 heterocycles. The van der Waals surface area contributed by atoms with E-state index >= 15 is 0 Å². The lowest BCUT2D eigenvalue weighted by molar-refractivity contribution is -0.118. The SMILES string of the molecule is Cc1cc([C@H]2[C@@H](c3ccccn3)NC(=S)N2c2ccc(NC(=O)C(C)C)c(Cl)c2)c(C)n1-c1cc(Cl)ccc1O. The number of anilines is 2. The molecule has 206 valence electrons. The first-order valence-corrected chi connectivity index (χ1v) is 14.0. The van der Waals surface area contributed by atoms with Gasteiger partial charge in [-0.05, 0) is 86.2 Å². The topological polar surface area (TPSA) is 82.4 Å². The first-order valence-electron chi connectivity index (χ1n) is 12.9. The Labute approximate surface area is 248 Å². The third-order valence-electron chi connectivity index (χ3n) is 7.08. The number of hydrogen-bond acceptors (Lipinski definition) is 4. The molecule has 2 atom stereocenters. The highest BCUT2D eigenvalue weighted by molar-refractivity contribution is 7.80. The molecule has 2 aromatic heterocycles. The minimum Gasteiger partial charge on any atom is -0.506 e. The third kappa shape index (κ3) is 5.14. The van der Waals surface area contributed by atoms with Crippen LogP contribution in [0.1, 0.15) is 48.6 Å². The van der Waals surface area contributed by atoms with E-state index in [4.69, 9.17) is 35.4 Å². The molecule has 10 heteroatoms. The Kier molecular flexibility index (Phi) is 7.77. The number of aromatic nitrogens is 2. The minimum atomic E-state index is -0.296. The number of aryl methyl sites for hydroxylation is 1. The van der Waals surface area contributed by atoms with Crippen LogP contribution < -0.4 is 15.5 Å². The van der Waals surface area contributed by atoms with E-state index in [1.54, 1.807) is 36.5 Å². The van der Waals surface area contributed by atoms with Crippen molar-refractivity contribution < 1.29 is 9.90 Å². The summed E-state index contributed by atoms with van der Waals surface area (Å²) in [6.45, 7) is 7.65. The zero-order valence-corrected chi connectivity index (χ0v) is 24.8. The maximum atomic E-state index is 12.3. The molecule has 5 rings (SSSR count). The van der Waals surface area contributed by atoms with Gasteiger partial charge in [-0.1, -0.05) is 43.1 Å². The molecule has 40 heavy (non-hydrogen) atoms. The minimum absolute atomic E-state index is 0.113. The fourth-order valence-corrected chi connectivity index (χ4v) is 5.85. The Balaban J connectivity index is 1.64. The second-order valence-corrected chi connectivity index (χ2v) is 11.3. The van der Waals surface area contributed by atoms with Gasteiger partial charge in [0.05, 0.1) is 34.2 Å². The molecule has 1 saturated heterocycles. The number of phenolic OH excluding ortho intramolecular Hbond substituents is 1. The van der Waals surface area contributed by atoms with Gasteiger partial charge in [0.25, 0.3) is 0 Å². The Morgan fingerprint density at radius 1 is 1.10 bits per heavy atom. The lowest BCUT2D eigenvalue weighted by Gasteiger charge is -2.28. The molecular weight excluding hydrogens is 565 g/mol. The molecular formula is C30H29Cl2N5O2S. The van der Waals surface area contributed by atoms with Gasteiger partial charge in [-0.3, -0.25) is 9.78 Å². The number of nitrogens with one attached hydrogen (secondary N) is 2. The highest BCUT2D eigenvalue weighted by Crippen LogP contribution is 2.45. The largest absolute Gasteiger partial charge is 0.506 e. The van der Waals surface area contributed by atoms with Crippen molar-refractivity contribution in [1.29, 1.82) is 0 Å². The molecule has 1 fully saturated rings.